The highest BCUT2D eigenvalue weighted by atomic mass is 35.5. The van der Waals surface area contributed by atoms with Gasteiger partial charge in [-0.3, -0.25) is 4.79 Å². The van der Waals surface area contributed by atoms with Gasteiger partial charge in [-0.2, -0.15) is 0 Å². The van der Waals surface area contributed by atoms with Gasteiger partial charge in [-0.05, 0) is 42.8 Å². The van der Waals surface area contributed by atoms with Crippen LogP contribution in [-0.2, 0) is 4.79 Å². The molecule has 0 bridgehead atoms. The zero-order valence-electron chi connectivity index (χ0n) is 8.62. The Kier molecular flexibility index (Phi) is 4.22. The first kappa shape index (κ1) is 13.6. The average molecular weight is 269 g/mol. The van der Waals surface area contributed by atoms with Gasteiger partial charge in [0.2, 0.25) is 0 Å². The molecule has 17 heavy (non-hydrogen) atoms. The van der Waals surface area contributed by atoms with Crippen molar-refractivity contribution in [2.75, 3.05) is 0 Å². The van der Waals surface area contributed by atoms with Gasteiger partial charge in [0, 0.05) is 0 Å². The minimum atomic E-state index is -4.73. The molecule has 0 fully saturated rings. The molecule has 1 aromatic rings. The van der Waals surface area contributed by atoms with Crippen LogP contribution in [0.1, 0.15) is 6.92 Å². The average Bonchev–Trinajstić information content (AvgIpc) is 2.18. The lowest BCUT2D eigenvalue weighted by Crippen LogP contribution is -2.19. The fraction of sp³-hybridized carbons (Fsp3) is 0.300. The van der Waals surface area contributed by atoms with E-state index in [1.165, 1.54) is 19.1 Å². The van der Waals surface area contributed by atoms with E-state index in [9.17, 15) is 18.0 Å². The molecule has 0 aliphatic heterocycles. The minimum Gasteiger partial charge on any atom is -0.482 e. The van der Waals surface area contributed by atoms with E-state index in [-0.39, 0.29) is 11.5 Å². The molecule has 1 rings (SSSR count). The molecular weight excluding hydrogens is 261 g/mol. The second-order valence-electron chi connectivity index (χ2n) is 3.08. The number of ether oxygens (including phenoxy) is 2. The number of halogens is 4. The molecule has 0 radical (unpaired) electrons. The van der Waals surface area contributed by atoms with Crippen molar-refractivity contribution < 1.29 is 27.4 Å². The van der Waals surface area contributed by atoms with Crippen LogP contribution in [0.4, 0.5) is 13.2 Å². The van der Waals surface area contributed by atoms with E-state index in [0.717, 1.165) is 12.1 Å². The number of hydrogen-bond acceptors (Lipinski definition) is 3. The van der Waals surface area contributed by atoms with Crippen LogP contribution >= 0.6 is 11.6 Å². The van der Waals surface area contributed by atoms with Crippen molar-refractivity contribution in [2.24, 2.45) is 0 Å². The summed E-state index contributed by atoms with van der Waals surface area (Å²) in [6.07, 6.45) is -5.60. The molecule has 0 spiro atoms. The summed E-state index contributed by atoms with van der Waals surface area (Å²) in [6.45, 7) is 1.43. The summed E-state index contributed by atoms with van der Waals surface area (Å²) in [7, 11) is 0. The summed E-state index contributed by atoms with van der Waals surface area (Å²) in [5, 5.41) is -0.694. The molecule has 3 nitrogen and oxygen atoms in total. The number of rotatable bonds is 4. The van der Waals surface area contributed by atoms with Crippen molar-refractivity contribution in [1.82, 2.24) is 0 Å². The molecule has 1 atom stereocenters. The van der Waals surface area contributed by atoms with Crippen LogP contribution in [0, 0.1) is 0 Å². The van der Waals surface area contributed by atoms with Crippen molar-refractivity contribution in [1.29, 1.82) is 0 Å². The lowest BCUT2D eigenvalue weighted by Gasteiger charge is -2.12. The smallest absolute Gasteiger partial charge is 0.482 e. The number of carbonyl (C=O) groups is 1. The molecule has 0 N–H and O–H groups in total. The normalized spacial score (nSPS) is 13.0. The van der Waals surface area contributed by atoms with Crippen LogP contribution in [0.5, 0.6) is 11.5 Å². The second-order valence-corrected chi connectivity index (χ2v) is 3.46. The maximum atomic E-state index is 11.8. The first-order valence-electron chi connectivity index (χ1n) is 4.50. The van der Waals surface area contributed by atoms with Crippen LogP contribution in [-0.4, -0.2) is 17.7 Å². The standard InChI is InChI=1S/C10H8ClF3O3/c1-6(9(11)15)16-7-2-4-8(5-3-7)17-10(12,13)14/h2-6H,1H3/t6-/m0/s1. The number of benzene rings is 1. The van der Waals surface area contributed by atoms with E-state index >= 15 is 0 Å². The zero-order valence-corrected chi connectivity index (χ0v) is 9.38. The first-order valence-corrected chi connectivity index (χ1v) is 4.87. The highest BCUT2D eigenvalue weighted by molar-refractivity contribution is 6.64. The Morgan fingerprint density at radius 2 is 1.71 bits per heavy atom. The molecule has 0 saturated heterocycles. The molecular formula is C10H8ClF3O3. The Morgan fingerprint density at radius 1 is 1.24 bits per heavy atom. The van der Waals surface area contributed by atoms with E-state index < -0.39 is 17.7 Å². The summed E-state index contributed by atoms with van der Waals surface area (Å²) in [6, 6.07) is 4.65. The van der Waals surface area contributed by atoms with E-state index in [1.54, 1.807) is 0 Å². The third-order valence-corrected chi connectivity index (χ3v) is 2.00. The van der Waals surface area contributed by atoms with Crippen molar-refractivity contribution in [3.63, 3.8) is 0 Å². The molecule has 0 aliphatic carbocycles. The van der Waals surface area contributed by atoms with Gasteiger partial charge in [-0.15, -0.1) is 13.2 Å². The topological polar surface area (TPSA) is 35.5 Å². The van der Waals surface area contributed by atoms with Gasteiger partial charge in [-0.1, -0.05) is 0 Å². The second kappa shape index (κ2) is 5.27. The minimum absolute atomic E-state index is 0.223. The maximum absolute atomic E-state index is 11.8. The summed E-state index contributed by atoms with van der Waals surface area (Å²) < 4.78 is 44.2. The third-order valence-electron chi connectivity index (χ3n) is 1.69. The lowest BCUT2D eigenvalue weighted by molar-refractivity contribution is -0.274. The van der Waals surface area contributed by atoms with Gasteiger partial charge in [-0.25, -0.2) is 0 Å². The summed E-state index contributed by atoms with van der Waals surface area (Å²) in [5.74, 6) is -0.143. The Balaban J connectivity index is 2.65. The highest BCUT2D eigenvalue weighted by Crippen LogP contribution is 2.25. The van der Waals surface area contributed by atoms with Gasteiger partial charge in [0.15, 0.2) is 6.10 Å². The fourth-order valence-corrected chi connectivity index (χ4v) is 1.01. The molecule has 0 aliphatic rings. The Labute approximate surface area is 100 Å². The third kappa shape index (κ3) is 4.95. The van der Waals surface area contributed by atoms with Crippen LogP contribution in [0.3, 0.4) is 0 Å². The maximum Gasteiger partial charge on any atom is 0.573 e. The molecule has 0 unspecified atom stereocenters. The number of hydrogen-bond donors (Lipinski definition) is 0. The molecule has 0 saturated carbocycles. The van der Waals surface area contributed by atoms with Gasteiger partial charge < -0.3 is 9.47 Å². The van der Waals surface area contributed by atoms with Crippen molar-refractivity contribution >= 4 is 16.8 Å². The van der Waals surface area contributed by atoms with Gasteiger partial charge in [0.25, 0.3) is 5.24 Å². The SMILES string of the molecule is C[C@H](Oc1ccc(OC(F)(F)F)cc1)C(=O)Cl. The Bertz CT molecular complexity index is 389. The predicted octanol–water partition coefficient (Wildman–Crippen LogP) is 3.12. The van der Waals surface area contributed by atoms with Gasteiger partial charge in [0.1, 0.15) is 11.5 Å². The molecule has 7 heteroatoms. The predicted molar refractivity (Wildman–Crippen MR) is 54.1 cm³/mol. The molecule has 0 amide bonds. The van der Waals surface area contributed by atoms with E-state index in [0.29, 0.717) is 0 Å². The van der Waals surface area contributed by atoms with Gasteiger partial charge >= 0.3 is 6.36 Å². The Hall–Kier alpha value is -1.43. The fourth-order valence-electron chi connectivity index (χ4n) is 0.970. The van der Waals surface area contributed by atoms with Crippen LogP contribution < -0.4 is 9.47 Å². The number of carbonyl (C=O) groups excluding carboxylic acids is 1. The van der Waals surface area contributed by atoms with Gasteiger partial charge in [0.05, 0.1) is 0 Å². The van der Waals surface area contributed by atoms with E-state index in [1.807, 2.05) is 0 Å². The monoisotopic (exact) mass is 268 g/mol. The molecule has 1 aromatic carbocycles. The number of alkyl halides is 3. The van der Waals surface area contributed by atoms with E-state index in [4.69, 9.17) is 16.3 Å². The highest BCUT2D eigenvalue weighted by Gasteiger charge is 2.31. The first-order chi connectivity index (χ1) is 7.78. The largest absolute Gasteiger partial charge is 0.573 e. The summed E-state index contributed by atoms with van der Waals surface area (Å²) in [5.41, 5.74) is 0. The summed E-state index contributed by atoms with van der Waals surface area (Å²) in [4.78, 5) is 10.7. The summed E-state index contributed by atoms with van der Waals surface area (Å²) >= 11 is 5.16. The van der Waals surface area contributed by atoms with Crippen molar-refractivity contribution in [3.05, 3.63) is 24.3 Å². The van der Waals surface area contributed by atoms with Crippen molar-refractivity contribution in [2.45, 2.75) is 19.4 Å². The molecule has 0 aromatic heterocycles. The Morgan fingerprint density at radius 3 is 2.12 bits per heavy atom. The zero-order chi connectivity index (χ0) is 13.1. The quantitative estimate of drug-likeness (QED) is 0.787. The van der Waals surface area contributed by atoms with Crippen LogP contribution in [0.25, 0.3) is 0 Å². The van der Waals surface area contributed by atoms with E-state index in [2.05, 4.69) is 4.74 Å². The molecule has 0 heterocycles. The van der Waals surface area contributed by atoms with Crippen LogP contribution in [0.15, 0.2) is 24.3 Å². The van der Waals surface area contributed by atoms with Crippen molar-refractivity contribution in [3.8, 4) is 11.5 Å². The molecule has 94 valence electrons. The van der Waals surface area contributed by atoms with Crippen LogP contribution in [0.2, 0.25) is 0 Å². The lowest BCUT2D eigenvalue weighted by atomic mass is 10.3.